The monoisotopic (exact) mass is 286 g/mol. The topological polar surface area (TPSA) is 44.1 Å². The van der Waals surface area contributed by atoms with Gasteiger partial charge in [-0.05, 0) is 44.9 Å². The second-order valence-electron chi connectivity index (χ2n) is 5.49. The number of ether oxygens (including phenoxy) is 1. The molecule has 0 aliphatic carbocycles. The van der Waals surface area contributed by atoms with Crippen molar-refractivity contribution in [2.45, 2.75) is 47.3 Å². The van der Waals surface area contributed by atoms with Crippen molar-refractivity contribution in [3.8, 4) is 0 Å². The second-order valence-corrected chi connectivity index (χ2v) is 5.49. The van der Waals surface area contributed by atoms with Crippen molar-refractivity contribution >= 4 is 5.97 Å². The maximum absolute atomic E-state index is 11.8. The van der Waals surface area contributed by atoms with Crippen LogP contribution in [0.3, 0.4) is 0 Å². The molecular weight excluding hydrogens is 264 g/mol. The number of carbonyl (C=O) groups is 1. The van der Waals surface area contributed by atoms with Gasteiger partial charge >= 0.3 is 5.97 Å². The van der Waals surface area contributed by atoms with Crippen LogP contribution in [-0.2, 0) is 22.7 Å². The molecule has 0 saturated carbocycles. The minimum absolute atomic E-state index is 0.191. The number of benzene rings is 1. The number of carbonyl (C=O) groups excluding carboxylic acids is 1. The first kappa shape index (κ1) is 15.3. The van der Waals surface area contributed by atoms with E-state index in [0.29, 0.717) is 19.6 Å². The fourth-order valence-electron chi connectivity index (χ4n) is 2.28. The van der Waals surface area contributed by atoms with Crippen molar-refractivity contribution in [1.29, 1.82) is 0 Å². The van der Waals surface area contributed by atoms with Crippen LogP contribution >= 0.6 is 0 Å². The van der Waals surface area contributed by atoms with Crippen LogP contribution in [0, 0.1) is 27.7 Å². The molecule has 0 aliphatic heterocycles. The molecule has 112 valence electrons. The fourth-order valence-corrected chi connectivity index (χ4v) is 2.28. The summed E-state index contributed by atoms with van der Waals surface area (Å²) in [4.78, 5) is 11.8. The van der Waals surface area contributed by atoms with Crippen molar-refractivity contribution < 1.29 is 9.53 Å². The molecule has 0 radical (unpaired) electrons. The van der Waals surface area contributed by atoms with E-state index in [-0.39, 0.29) is 5.97 Å². The van der Waals surface area contributed by atoms with Gasteiger partial charge in [0.1, 0.15) is 6.61 Å². The lowest BCUT2D eigenvalue weighted by Gasteiger charge is -2.09. The summed E-state index contributed by atoms with van der Waals surface area (Å²) in [6, 6.07) is 8.17. The van der Waals surface area contributed by atoms with Crippen molar-refractivity contribution in [2.24, 2.45) is 0 Å². The minimum atomic E-state index is -0.191. The van der Waals surface area contributed by atoms with Crippen LogP contribution in [0.5, 0.6) is 0 Å². The van der Waals surface area contributed by atoms with Crippen LogP contribution in [0.25, 0.3) is 0 Å². The van der Waals surface area contributed by atoms with Crippen molar-refractivity contribution in [3.63, 3.8) is 0 Å². The third-order valence-corrected chi connectivity index (χ3v) is 3.52. The number of nitrogens with zero attached hydrogens (tertiary/aromatic N) is 2. The van der Waals surface area contributed by atoms with Crippen molar-refractivity contribution in [2.75, 3.05) is 0 Å². The van der Waals surface area contributed by atoms with E-state index in [2.05, 4.69) is 17.2 Å². The lowest BCUT2D eigenvalue weighted by Crippen LogP contribution is -2.11. The third-order valence-electron chi connectivity index (χ3n) is 3.52. The van der Waals surface area contributed by atoms with E-state index in [1.807, 2.05) is 44.5 Å². The Kier molecular flexibility index (Phi) is 4.78. The van der Waals surface area contributed by atoms with E-state index in [1.54, 1.807) is 0 Å². The first-order valence-corrected chi connectivity index (χ1v) is 7.18. The molecule has 1 aromatic heterocycles. The Balaban J connectivity index is 1.85. The van der Waals surface area contributed by atoms with Crippen LogP contribution in [0.2, 0.25) is 0 Å². The molecule has 1 aromatic carbocycles. The summed E-state index contributed by atoms with van der Waals surface area (Å²) in [5.74, 6) is -0.191. The average molecular weight is 286 g/mol. The number of rotatable bonds is 5. The van der Waals surface area contributed by atoms with Crippen LogP contribution < -0.4 is 0 Å². The Morgan fingerprint density at radius 2 is 1.95 bits per heavy atom. The van der Waals surface area contributed by atoms with Gasteiger partial charge in [-0.3, -0.25) is 9.48 Å². The van der Waals surface area contributed by atoms with Crippen LogP contribution in [0.15, 0.2) is 24.3 Å². The van der Waals surface area contributed by atoms with E-state index >= 15 is 0 Å². The second kappa shape index (κ2) is 6.57. The summed E-state index contributed by atoms with van der Waals surface area (Å²) in [7, 11) is 0. The van der Waals surface area contributed by atoms with Gasteiger partial charge in [-0.15, -0.1) is 0 Å². The molecule has 0 bridgehead atoms. The highest BCUT2D eigenvalue weighted by atomic mass is 16.5. The van der Waals surface area contributed by atoms with Crippen molar-refractivity contribution in [1.82, 2.24) is 9.78 Å². The van der Waals surface area contributed by atoms with Crippen LogP contribution in [-0.4, -0.2) is 15.7 Å². The molecule has 1 heterocycles. The molecule has 0 spiro atoms. The summed E-state index contributed by atoms with van der Waals surface area (Å²) in [6.45, 7) is 8.89. The Hall–Kier alpha value is -2.10. The molecule has 0 saturated heterocycles. The van der Waals surface area contributed by atoms with E-state index < -0.39 is 0 Å². The molecule has 21 heavy (non-hydrogen) atoms. The normalized spacial score (nSPS) is 10.7. The number of hydrogen-bond acceptors (Lipinski definition) is 3. The van der Waals surface area contributed by atoms with E-state index in [9.17, 15) is 4.79 Å². The van der Waals surface area contributed by atoms with Gasteiger partial charge < -0.3 is 4.74 Å². The molecule has 0 aliphatic rings. The summed E-state index contributed by atoms with van der Waals surface area (Å²) < 4.78 is 7.19. The molecule has 0 amide bonds. The smallest absolute Gasteiger partial charge is 0.308 e. The summed E-state index contributed by atoms with van der Waals surface area (Å²) in [5.41, 5.74) is 5.42. The zero-order chi connectivity index (χ0) is 15.4. The third kappa shape index (κ3) is 4.18. The first-order chi connectivity index (χ1) is 9.95. The molecule has 0 N–H and O–H groups in total. The number of hydrogen-bond donors (Lipinski definition) is 0. The van der Waals surface area contributed by atoms with Gasteiger partial charge in [0.2, 0.25) is 0 Å². The van der Waals surface area contributed by atoms with Gasteiger partial charge in [0.25, 0.3) is 0 Å². The maximum Gasteiger partial charge on any atom is 0.308 e. The average Bonchev–Trinajstić information content (AvgIpc) is 2.75. The summed E-state index contributed by atoms with van der Waals surface area (Å²) in [6.07, 6.45) is 0.340. The maximum atomic E-state index is 11.8. The number of esters is 1. The molecular formula is C17H22N2O2. The largest absolute Gasteiger partial charge is 0.461 e. The molecule has 2 rings (SSSR count). The standard InChI is InChI=1S/C17H22N2O2/c1-12-5-6-13(2)16(9-12)11-21-17(20)7-8-19-15(4)10-14(3)18-19/h5-6,9-10H,7-8,11H2,1-4H3. The summed E-state index contributed by atoms with van der Waals surface area (Å²) >= 11 is 0. The molecule has 4 heteroatoms. The van der Waals surface area contributed by atoms with E-state index in [0.717, 1.165) is 22.5 Å². The molecule has 0 atom stereocenters. The molecule has 4 nitrogen and oxygen atoms in total. The zero-order valence-electron chi connectivity index (χ0n) is 13.1. The predicted octanol–water partition coefficient (Wildman–Crippen LogP) is 3.25. The summed E-state index contributed by atoms with van der Waals surface area (Å²) in [5, 5.41) is 4.34. The highest BCUT2D eigenvalue weighted by Crippen LogP contribution is 2.12. The SMILES string of the molecule is Cc1ccc(C)c(COC(=O)CCn2nc(C)cc2C)c1. The Morgan fingerprint density at radius 3 is 2.62 bits per heavy atom. The molecule has 0 unspecified atom stereocenters. The van der Waals surface area contributed by atoms with Gasteiger partial charge in [0.05, 0.1) is 18.7 Å². The van der Waals surface area contributed by atoms with E-state index in [1.165, 1.54) is 5.56 Å². The van der Waals surface area contributed by atoms with E-state index in [4.69, 9.17) is 4.74 Å². The quantitative estimate of drug-likeness (QED) is 0.792. The number of aromatic nitrogens is 2. The first-order valence-electron chi connectivity index (χ1n) is 7.18. The van der Waals surface area contributed by atoms with Crippen LogP contribution in [0.4, 0.5) is 0 Å². The van der Waals surface area contributed by atoms with Gasteiger partial charge in [0.15, 0.2) is 0 Å². The highest BCUT2D eigenvalue weighted by molar-refractivity contribution is 5.69. The minimum Gasteiger partial charge on any atom is -0.461 e. The predicted molar refractivity (Wildman–Crippen MR) is 82.0 cm³/mol. The van der Waals surface area contributed by atoms with Gasteiger partial charge in [-0.25, -0.2) is 0 Å². The van der Waals surface area contributed by atoms with Gasteiger partial charge in [-0.1, -0.05) is 23.8 Å². The Morgan fingerprint density at radius 1 is 1.19 bits per heavy atom. The Labute approximate surface area is 125 Å². The lowest BCUT2D eigenvalue weighted by molar-refractivity contribution is -0.145. The van der Waals surface area contributed by atoms with Crippen molar-refractivity contribution in [3.05, 3.63) is 52.3 Å². The van der Waals surface area contributed by atoms with Gasteiger partial charge in [-0.2, -0.15) is 5.10 Å². The zero-order valence-corrected chi connectivity index (χ0v) is 13.1. The molecule has 2 aromatic rings. The Bertz CT molecular complexity index is 644. The van der Waals surface area contributed by atoms with Gasteiger partial charge in [0, 0.05) is 5.69 Å². The molecule has 0 fully saturated rings. The van der Waals surface area contributed by atoms with Crippen LogP contribution in [0.1, 0.15) is 34.5 Å². The highest BCUT2D eigenvalue weighted by Gasteiger charge is 2.08. The lowest BCUT2D eigenvalue weighted by atomic mass is 10.1. The number of aryl methyl sites for hydroxylation is 5. The fraction of sp³-hybridized carbons (Fsp3) is 0.412.